The number of hydrogen-bond acceptors (Lipinski definition) is 6. The van der Waals surface area contributed by atoms with Gasteiger partial charge in [0.25, 0.3) is 0 Å². The molecule has 4 rings (SSSR count). The van der Waals surface area contributed by atoms with E-state index in [1.54, 1.807) is 16.4 Å². The summed E-state index contributed by atoms with van der Waals surface area (Å²) in [6.07, 6.45) is 0. The number of aromatic nitrogens is 4. The molecular weight excluding hydrogens is 438 g/mol. The molecule has 1 N–H and O–H groups in total. The molecule has 30 heavy (non-hydrogen) atoms. The van der Waals surface area contributed by atoms with E-state index in [4.69, 9.17) is 11.6 Å². The van der Waals surface area contributed by atoms with Crippen LogP contribution in [0.2, 0.25) is 5.02 Å². The smallest absolute Gasteiger partial charge is 0.234 e. The standard InChI is InChI=1S/C21H16ClN5OS2/c22-15-10-12-17(13-11-15)30-19-9-5-4-8-18(19)23-20(28)14-29-21-24-25-26-27(21)16-6-2-1-3-7-16/h1-13H,14H2,(H,23,28). The summed E-state index contributed by atoms with van der Waals surface area (Å²) in [7, 11) is 0. The van der Waals surface area contributed by atoms with Gasteiger partial charge in [0.2, 0.25) is 11.1 Å². The number of nitrogens with zero attached hydrogens (tertiary/aromatic N) is 4. The quantitative estimate of drug-likeness (QED) is 0.388. The number of hydrogen-bond donors (Lipinski definition) is 1. The Bertz CT molecular complexity index is 1140. The lowest BCUT2D eigenvalue weighted by molar-refractivity contribution is -0.113. The Morgan fingerprint density at radius 1 is 0.967 bits per heavy atom. The average Bonchev–Trinajstić information content (AvgIpc) is 3.25. The normalized spacial score (nSPS) is 10.7. The number of carbonyl (C=O) groups excluding carboxylic acids is 1. The number of tetrazole rings is 1. The van der Waals surface area contributed by atoms with E-state index < -0.39 is 0 Å². The van der Waals surface area contributed by atoms with E-state index in [2.05, 4.69) is 20.8 Å². The van der Waals surface area contributed by atoms with Crippen molar-refractivity contribution in [3.8, 4) is 5.69 Å². The molecule has 4 aromatic rings. The van der Waals surface area contributed by atoms with Gasteiger partial charge in [0, 0.05) is 14.8 Å². The lowest BCUT2D eigenvalue weighted by atomic mass is 10.3. The number of anilines is 1. The molecule has 1 heterocycles. The number of benzene rings is 3. The first-order valence-electron chi connectivity index (χ1n) is 8.98. The van der Waals surface area contributed by atoms with Gasteiger partial charge in [0.05, 0.1) is 17.1 Å². The van der Waals surface area contributed by atoms with Crippen molar-refractivity contribution in [1.82, 2.24) is 20.2 Å². The van der Waals surface area contributed by atoms with Gasteiger partial charge in [-0.2, -0.15) is 4.68 Å². The minimum absolute atomic E-state index is 0.133. The van der Waals surface area contributed by atoms with E-state index in [0.717, 1.165) is 21.2 Å². The van der Waals surface area contributed by atoms with Crippen LogP contribution in [0.3, 0.4) is 0 Å². The van der Waals surface area contributed by atoms with Crippen molar-refractivity contribution in [2.24, 2.45) is 0 Å². The largest absolute Gasteiger partial charge is 0.324 e. The van der Waals surface area contributed by atoms with Crippen LogP contribution < -0.4 is 5.32 Å². The zero-order valence-electron chi connectivity index (χ0n) is 15.6. The molecule has 0 aliphatic rings. The Kier molecular flexibility index (Phi) is 6.68. The predicted octanol–water partition coefficient (Wildman–Crippen LogP) is 5.20. The van der Waals surface area contributed by atoms with Gasteiger partial charge in [-0.25, -0.2) is 0 Å². The molecular formula is C21H16ClN5OS2. The van der Waals surface area contributed by atoms with E-state index in [1.807, 2.05) is 78.9 Å². The van der Waals surface area contributed by atoms with Crippen molar-refractivity contribution in [1.29, 1.82) is 0 Å². The molecule has 0 saturated carbocycles. The number of halogens is 1. The van der Waals surface area contributed by atoms with E-state index >= 15 is 0 Å². The van der Waals surface area contributed by atoms with Crippen LogP contribution in [0.4, 0.5) is 5.69 Å². The van der Waals surface area contributed by atoms with Gasteiger partial charge in [-0.3, -0.25) is 4.79 Å². The van der Waals surface area contributed by atoms with Crippen molar-refractivity contribution in [2.75, 3.05) is 11.1 Å². The maximum absolute atomic E-state index is 12.6. The fraction of sp³-hybridized carbons (Fsp3) is 0.0476. The number of para-hydroxylation sites is 2. The molecule has 0 saturated heterocycles. The van der Waals surface area contributed by atoms with Crippen molar-refractivity contribution in [2.45, 2.75) is 14.9 Å². The number of nitrogens with one attached hydrogen (secondary N) is 1. The minimum Gasteiger partial charge on any atom is -0.324 e. The summed E-state index contributed by atoms with van der Waals surface area (Å²) in [5.74, 6) is 0.0550. The van der Waals surface area contributed by atoms with Crippen molar-refractivity contribution in [3.05, 3.63) is 83.9 Å². The molecule has 6 nitrogen and oxygen atoms in total. The van der Waals surface area contributed by atoms with Crippen LogP contribution in [0.1, 0.15) is 0 Å². The second-order valence-corrected chi connectivity index (χ2v) is 8.59. The van der Waals surface area contributed by atoms with Gasteiger partial charge in [-0.15, -0.1) is 5.10 Å². The summed E-state index contributed by atoms with van der Waals surface area (Å²) >= 11 is 8.80. The van der Waals surface area contributed by atoms with Gasteiger partial charge in [0.1, 0.15) is 0 Å². The second-order valence-electron chi connectivity index (χ2n) is 6.10. The zero-order valence-corrected chi connectivity index (χ0v) is 18.0. The van der Waals surface area contributed by atoms with Crippen molar-refractivity contribution < 1.29 is 4.79 Å². The molecule has 0 unspecified atom stereocenters. The molecule has 9 heteroatoms. The Balaban J connectivity index is 1.41. The first kappa shape index (κ1) is 20.5. The Morgan fingerprint density at radius 3 is 2.50 bits per heavy atom. The fourth-order valence-electron chi connectivity index (χ4n) is 2.61. The van der Waals surface area contributed by atoms with Gasteiger partial charge in [-0.05, 0) is 59.0 Å². The van der Waals surface area contributed by atoms with Crippen molar-refractivity contribution in [3.63, 3.8) is 0 Å². The average molecular weight is 454 g/mol. The van der Waals surface area contributed by atoms with Crippen LogP contribution in [-0.2, 0) is 4.79 Å². The summed E-state index contributed by atoms with van der Waals surface area (Å²) in [4.78, 5) is 14.6. The molecule has 0 atom stereocenters. The molecule has 0 aliphatic heterocycles. The highest BCUT2D eigenvalue weighted by molar-refractivity contribution is 8.00. The first-order valence-corrected chi connectivity index (χ1v) is 11.2. The van der Waals surface area contributed by atoms with Crippen molar-refractivity contribution >= 4 is 46.7 Å². The molecule has 3 aromatic carbocycles. The molecule has 1 amide bonds. The summed E-state index contributed by atoms with van der Waals surface area (Å²) in [6.45, 7) is 0. The Hall–Kier alpha value is -2.81. The van der Waals surface area contributed by atoms with E-state index in [-0.39, 0.29) is 11.7 Å². The molecule has 0 radical (unpaired) electrons. The summed E-state index contributed by atoms with van der Waals surface area (Å²) < 4.78 is 1.61. The van der Waals surface area contributed by atoms with Crippen LogP contribution in [0.15, 0.2) is 93.8 Å². The third kappa shape index (κ3) is 5.21. The van der Waals surface area contributed by atoms with Gasteiger partial charge < -0.3 is 5.32 Å². The third-order valence-electron chi connectivity index (χ3n) is 3.98. The van der Waals surface area contributed by atoms with Crippen LogP contribution >= 0.6 is 35.1 Å². The topological polar surface area (TPSA) is 72.7 Å². The number of rotatable bonds is 7. The van der Waals surface area contributed by atoms with E-state index in [0.29, 0.717) is 10.2 Å². The highest BCUT2D eigenvalue weighted by Crippen LogP contribution is 2.34. The summed E-state index contributed by atoms with van der Waals surface area (Å²) in [5, 5.41) is 16.0. The number of thioether (sulfide) groups is 1. The highest BCUT2D eigenvalue weighted by atomic mass is 35.5. The van der Waals surface area contributed by atoms with Crippen LogP contribution in [-0.4, -0.2) is 31.9 Å². The molecule has 0 aliphatic carbocycles. The van der Waals surface area contributed by atoms with E-state index in [9.17, 15) is 4.79 Å². The highest BCUT2D eigenvalue weighted by Gasteiger charge is 2.13. The maximum atomic E-state index is 12.6. The monoisotopic (exact) mass is 453 g/mol. The minimum atomic E-state index is -0.133. The van der Waals surface area contributed by atoms with E-state index in [1.165, 1.54) is 11.8 Å². The lowest BCUT2D eigenvalue weighted by Gasteiger charge is -2.11. The van der Waals surface area contributed by atoms with Gasteiger partial charge in [0.15, 0.2) is 0 Å². The third-order valence-corrected chi connectivity index (χ3v) is 6.23. The van der Waals surface area contributed by atoms with Crippen LogP contribution in [0.5, 0.6) is 0 Å². The maximum Gasteiger partial charge on any atom is 0.234 e. The lowest BCUT2D eigenvalue weighted by Crippen LogP contribution is -2.15. The molecule has 0 spiro atoms. The molecule has 0 fully saturated rings. The number of carbonyl (C=O) groups is 1. The summed E-state index contributed by atoms with van der Waals surface area (Å²) in [6, 6.07) is 24.8. The van der Waals surface area contributed by atoms with Gasteiger partial charge >= 0.3 is 0 Å². The Morgan fingerprint density at radius 2 is 1.70 bits per heavy atom. The fourth-order valence-corrected chi connectivity index (χ4v) is 4.32. The molecule has 0 bridgehead atoms. The summed E-state index contributed by atoms with van der Waals surface area (Å²) in [5.41, 5.74) is 1.60. The van der Waals surface area contributed by atoms with Crippen LogP contribution in [0, 0.1) is 0 Å². The van der Waals surface area contributed by atoms with Crippen LogP contribution in [0.25, 0.3) is 5.69 Å². The second kappa shape index (κ2) is 9.80. The first-order chi connectivity index (χ1) is 14.7. The zero-order chi connectivity index (χ0) is 20.8. The number of amides is 1. The SMILES string of the molecule is O=C(CSc1nnnn1-c1ccccc1)Nc1ccccc1Sc1ccc(Cl)cc1. The molecule has 1 aromatic heterocycles. The predicted molar refractivity (Wildman–Crippen MR) is 121 cm³/mol. The Labute approximate surface area is 187 Å². The molecule has 150 valence electrons. The van der Waals surface area contributed by atoms with Gasteiger partial charge in [-0.1, -0.05) is 65.5 Å².